The topological polar surface area (TPSA) is 96.4 Å². The Balaban J connectivity index is 1.62. The summed E-state index contributed by atoms with van der Waals surface area (Å²) in [5, 5.41) is 2.96. The molecule has 0 saturated heterocycles. The molecule has 0 unspecified atom stereocenters. The highest BCUT2D eigenvalue weighted by atomic mass is 32.1. The maximum Gasteiger partial charge on any atom is 0.261 e. The molecule has 154 valence electrons. The van der Waals surface area contributed by atoms with Crippen molar-refractivity contribution in [3.05, 3.63) is 82.8 Å². The smallest absolute Gasteiger partial charge is 0.261 e. The minimum Gasteiger partial charge on any atom is -0.298 e. The second kappa shape index (κ2) is 8.08. The molecule has 1 aliphatic rings. The maximum absolute atomic E-state index is 12.8. The van der Waals surface area contributed by atoms with E-state index in [1.807, 2.05) is 30.3 Å². The van der Waals surface area contributed by atoms with Gasteiger partial charge < -0.3 is 0 Å². The van der Waals surface area contributed by atoms with Crippen LogP contribution in [-0.2, 0) is 0 Å². The molecule has 4 rings (SSSR count). The van der Waals surface area contributed by atoms with Gasteiger partial charge in [-0.05, 0) is 18.2 Å². The number of carbonyl (C=O) groups excluding carboxylic acids is 4. The maximum atomic E-state index is 12.8. The molecule has 0 fully saturated rings. The normalized spacial score (nSPS) is 12.6. The van der Waals surface area contributed by atoms with Crippen LogP contribution < -0.4 is 5.32 Å². The minimum atomic E-state index is -0.492. The molecular formula is C23H17N3O4S. The summed E-state index contributed by atoms with van der Waals surface area (Å²) in [6.45, 7) is 5.10. The van der Waals surface area contributed by atoms with E-state index in [-0.39, 0.29) is 34.1 Å². The van der Waals surface area contributed by atoms with Crippen LogP contribution in [0.5, 0.6) is 0 Å². The molecule has 7 nitrogen and oxygen atoms in total. The lowest BCUT2D eigenvalue weighted by Gasteiger charge is -2.09. The Morgan fingerprint density at radius 2 is 1.81 bits per heavy atom. The zero-order valence-corrected chi connectivity index (χ0v) is 17.4. The van der Waals surface area contributed by atoms with Crippen molar-refractivity contribution in [3.63, 3.8) is 0 Å². The predicted octanol–water partition coefficient (Wildman–Crippen LogP) is 4.05. The largest absolute Gasteiger partial charge is 0.298 e. The first-order chi connectivity index (χ1) is 14.9. The average Bonchev–Trinajstić information content (AvgIpc) is 3.30. The Morgan fingerprint density at radius 3 is 2.48 bits per heavy atom. The van der Waals surface area contributed by atoms with Gasteiger partial charge in [0.1, 0.15) is 0 Å². The van der Waals surface area contributed by atoms with Gasteiger partial charge in [0.15, 0.2) is 10.9 Å². The summed E-state index contributed by atoms with van der Waals surface area (Å²) in [7, 11) is 0. The average molecular weight is 431 g/mol. The highest BCUT2D eigenvalue weighted by Gasteiger charge is 2.35. The van der Waals surface area contributed by atoms with Crippen molar-refractivity contribution in [3.8, 4) is 11.3 Å². The Bertz CT molecular complexity index is 1250. The van der Waals surface area contributed by atoms with E-state index in [0.29, 0.717) is 10.6 Å². The zero-order chi connectivity index (χ0) is 22.1. The lowest BCUT2D eigenvalue weighted by atomic mass is 10.1. The molecular weight excluding hydrogens is 414 g/mol. The number of hydrogen-bond acceptors (Lipinski definition) is 6. The quantitative estimate of drug-likeness (QED) is 0.361. The van der Waals surface area contributed by atoms with E-state index >= 15 is 0 Å². The summed E-state index contributed by atoms with van der Waals surface area (Å²) in [4.78, 5) is 55.6. The van der Waals surface area contributed by atoms with Crippen molar-refractivity contribution in [2.24, 2.45) is 0 Å². The van der Waals surface area contributed by atoms with Crippen LogP contribution in [-0.4, -0.2) is 39.9 Å². The van der Waals surface area contributed by atoms with Crippen molar-refractivity contribution >= 4 is 40.0 Å². The summed E-state index contributed by atoms with van der Waals surface area (Å²) < 4.78 is 0. The van der Waals surface area contributed by atoms with E-state index in [0.717, 1.165) is 21.8 Å². The van der Waals surface area contributed by atoms with Gasteiger partial charge in [-0.2, -0.15) is 0 Å². The molecule has 8 heteroatoms. The van der Waals surface area contributed by atoms with E-state index in [4.69, 9.17) is 0 Å². The number of anilines is 1. The van der Waals surface area contributed by atoms with Gasteiger partial charge in [-0.3, -0.25) is 29.4 Å². The van der Waals surface area contributed by atoms with Gasteiger partial charge in [0, 0.05) is 24.6 Å². The van der Waals surface area contributed by atoms with Crippen LogP contribution in [0.3, 0.4) is 0 Å². The summed E-state index contributed by atoms with van der Waals surface area (Å²) in [6, 6.07) is 13.6. The number of imide groups is 1. The Hall–Kier alpha value is -3.91. The van der Waals surface area contributed by atoms with Crippen LogP contribution >= 0.6 is 11.3 Å². The van der Waals surface area contributed by atoms with Crippen molar-refractivity contribution in [1.82, 2.24) is 9.88 Å². The monoisotopic (exact) mass is 431 g/mol. The minimum absolute atomic E-state index is 0.100. The fourth-order valence-electron chi connectivity index (χ4n) is 3.30. The molecule has 1 N–H and O–H groups in total. The molecule has 2 aromatic carbocycles. The van der Waals surface area contributed by atoms with E-state index in [1.165, 1.54) is 31.2 Å². The second-order valence-electron chi connectivity index (χ2n) is 6.84. The van der Waals surface area contributed by atoms with Crippen LogP contribution in [0, 0.1) is 0 Å². The molecule has 0 aliphatic carbocycles. The van der Waals surface area contributed by atoms with Crippen molar-refractivity contribution < 1.29 is 19.2 Å². The van der Waals surface area contributed by atoms with E-state index in [1.54, 1.807) is 0 Å². The number of aromatic nitrogens is 1. The number of benzene rings is 2. The number of nitrogens with one attached hydrogen (secondary N) is 1. The number of nitrogens with zero attached hydrogens (tertiary/aromatic N) is 2. The number of Topliss-reactive ketones (excluding diaryl/α,β-unsaturated/α-hetero) is 1. The third-order valence-corrected chi connectivity index (χ3v) is 5.83. The van der Waals surface area contributed by atoms with Gasteiger partial charge in [0.2, 0.25) is 0 Å². The lowest BCUT2D eigenvalue weighted by molar-refractivity contribution is 0.0671. The predicted molar refractivity (Wildman–Crippen MR) is 118 cm³/mol. The Labute approximate surface area is 182 Å². The van der Waals surface area contributed by atoms with E-state index in [2.05, 4.69) is 16.9 Å². The first-order valence-electron chi connectivity index (χ1n) is 9.40. The van der Waals surface area contributed by atoms with Crippen LogP contribution in [0.4, 0.5) is 5.13 Å². The number of thiazole rings is 1. The lowest BCUT2D eigenvalue weighted by Crippen LogP contribution is -2.29. The van der Waals surface area contributed by atoms with Crippen molar-refractivity contribution in [2.75, 3.05) is 11.9 Å². The van der Waals surface area contributed by atoms with Gasteiger partial charge in [0.25, 0.3) is 17.7 Å². The highest BCUT2D eigenvalue weighted by molar-refractivity contribution is 7.18. The first-order valence-corrected chi connectivity index (χ1v) is 10.2. The van der Waals surface area contributed by atoms with Crippen LogP contribution in [0.25, 0.3) is 11.3 Å². The van der Waals surface area contributed by atoms with Crippen molar-refractivity contribution in [2.45, 2.75) is 6.92 Å². The number of fused-ring (bicyclic) bond motifs is 1. The van der Waals surface area contributed by atoms with Crippen LogP contribution in [0.15, 0.2) is 61.2 Å². The number of hydrogen-bond donors (Lipinski definition) is 1. The number of rotatable bonds is 6. The van der Waals surface area contributed by atoms with Crippen LogP contribution in [0.2, 0.25) is 0 Å². The molecule has 0 saturated carbocycles. The zero-order valence-electron chi connectivity index (χ0n) is 16.5. The summed E-state index contributed by atoms with van der Waals surface area (Å²) in [5.74, 6) is -1.52. The van der Waals surface area contributed by atoms with Gasteiger partial charge in [0.05, 0.1) is 21.7 Å². The van der Waals surface area contributed by atoms with Gasteiger partial charge in [-0.15, -0.1) is 6.58 Å². The molecule has 0 bridgehead atoms. The van der Waals surface area contributed by atoms with Gasteiger partial charge in [-0.25, -0.2) is 4.98 Å². The fourth-order valence-corrected chi connectivity index (χ4v) is 4.18. The van der Waals surface area contributed by atoms with E-state index in [9.17, 15) is 19.2 Å². The molecule has 0 spiro atoms. The molecule has 1 aliphatic heterocycles. The molecule has 3 amide bonds. The first kappa shape index (κ1) is 20.4. The third-order valence-electron chi connectivity index (χ3n) is 4.76. The molecule has 0 atom stereocenters. The fraction of sp³-hybridized carbons (Fsp3) is 0.0870. The Kier molecular flexibility index (Phi) is 5.31. The summed E-state index contributed by atoms with van der Waals surface area (Å²) >= 11 is 1.09. The second-order valence-corrected chi connectivity index (χ2v) is 7.84. The molecule has 2 heterocycles. The van der Waals surface area contributed by atoms with Crippen molar-refractivity contribution in [1.29, 1.82) is 0 Å². The van der Waals surface area contributed by atoms with Gasteiger partial charge in [-0.1, -0.05) is 47.7 Å². The van der Waals surface area contributed by atoms with E-state index < -0.39 is 17.7 Å². The molecule has 3 aromatic rings. The standard InChI is InChI=1S/C23H17N3O4S/c1-3-11-26-21(29)16-10-9-15(12-17(16)22(26)30)20(28)25-23-24-18(19(31-23)13(2)27)14-7-5-4-6-8-14/h3-10,12H,1,11H2,2H3,(H,24,25,28). The number of amides is 3. The molecule has 1 aromatic heterocycles. The van der Waals surface area contributed by atoms with Gasteiger partial charge >= 0.3 is 0 Å². The highest BCUT2D eigenvalue weighted by Crippen LogP contribution is 2.32. The number of carbonyl (C=O) groups is 4. The summed E-state index contributed by atoms with van der Waals surface area (Å²) in [6.07, 6.45) is 1.47. The molecule has 0 radical (unpaired) electrons. The third kappa shape index (κ3) is 3.69. The summed E-state index contributed by atoms with van der Waals surface area (Å²) in [5.41, 5.74) is 1.91. The Morgan fingerprint density at radius 1 is 1.10 bits per heavy atom. The van der Waals surface area contributed by atoms with Crippen LogP contribution in [0.1, 0.15) is 47.7 Å². The number of ketones is 1. The molecule has 31 heavy (non-hydrogen) atoms. The SMILES string of the molecule is C=CCN1C(=O)c2ccc(C(=O)Nc3nc(-c4ccccc4)c(C(C)=O)s3)cc2C1=O.